The number of carbonyl (C=O) groups excluding carboxylic acids is 2. The molecule has 214 valence electrons. The van der Waals surface area contributed by atoms with Gasteiger partial charge in [0.25, 0.3) is 11.5 Å². The third kappa shape index (κ3) is 3.52. The van der Waals surface area contributed by atoms with Gasteiger partial charge in [-0.3, -0.25) is 4.79 Å². The Bertz CT molecular complexity index is 1080. The van der Waals surface area contributed by atoms with E-state index < -0.39 is 75.7 Å². The van der Waals surface area contributed by atoms with Gasteiger partial charge in [0.2, 0.25) is 0 Å². The van der Waals surface area contributed by atoms with Crippen molar-refractivity contribution >= 4 is 11.9 Å². The number of aliphatic hydroxyl groups excluding tert-OH is 2. The number of carbonyl (C=O) groups is 2. The minimum absolute atomic E-state index is 0.108. The van der Waals surface area contributed by atoms with Gasteiger partial charge in [-0.25, -0.2) is 4.79 Å². The average Bonchev–Trinajstić information content (AvgIpc) is 3.28. The van der Waals surface area contributed by atoms with Crippen molar-refractivity contribution in [3.05, 3.63) is 24.2 Å². The average molecular weight is 539 g/mol. The fourth-order valence-electron chi connectivity index (χ4n) is 7.88. The lowest BCUT2D eigenvalue weighted by molar-refractivity contribution is -0.434. The number of ether oxygens (including phenoxy) is 5. The Morgan fingerprint density at radius 1 is 1.16 bits per heavy atom. The first-order valence-corrected chi connectivity index (χ1v) is 13.1. The predicted octanol–water partition coefficient (Wildman–Crippen LogP) is 2.49. The lowest BCUT2D eigenvalue weighted by Gasteiger charge is -2.71. The molecule has 0 bridgehead atoms. The highest BCUT2D eigenvalue weighted by atomic mass is 16.8. The van der Waals surface area contributed by atoms with E-state index >= 15 is 0 Å². The number of rotatable bonds is 5. The van der Waals surface area contributed by atoms with E-state index in [1.807, 2.05) is 13.8 Å². The predicted molar refractivity (Wildman–Crippen MR) is 134 cm³/mol. The van der Waals surface area contributed by atoms with E-state index in [1.165, 1.54) is 26.8 Å². The molecule has 2 aliphatic heterocycles. The number of fused-ring (bicyclic) bond motifs is 1. The van der Waals surface area contributed by atoms with Gasteiger partial charge >= 0.3 is 11.9 Å². The minimum atomic E-state index is -2.33. The Hall–Kier alpha value is -2.14. The summed E-state index contributed by atoms with van der Waals surface area (Å²) in [6.45, 7) is 18.6. The van der Waals surface area contributed by atoms with Crippen molar-refractivity contribution in [1.82, 2.24) is 0 Å². The molecule has 4 aliphatic rings. The van der Waals surface area contributed by atoms with Gasteiger partial charge in [0.15, 0.2) is 23.6 Å². The molecule has 3 N–H and O–H groups in total. The maximum absolute atomic E-state index is 13.3. The van der Waals surface area contributed by atoms with Crippen LogP contribution in [-0.4, -0.2) is 74.3 Å². The third-order valence-corrected chi connectivity index (χ3v) is 9.52. The molecule has 2 saturated carbocycles. The standard InChI is InChI=1S/C28H42O10/c1-11-24(6,7)38-26(9)21(35-15(3)29)17(31)20-23(4,5)13-12-16(30)25(20,8)28(26,33)27(10)36-18-14(2)34-22(32)19(18)37-27/h11,14,16-17,20-21,30-31,33H,1,12-13H2,2-10H3/t14?,16-,17?,20?,21?,25?,26?,27?,28-/m0/s1. The molecule has 2 heterocycles. The van der Waals surface area contributed by atoms with E-state index in [1.54, 1.807) is 27.7 Å². The molecular formula is C28H42O10. The smallest absolute Gasteiger partial charge is 0.378 e. The van der Waals surface area contributed by atoms with Crippen LogP contribution < -0.4 is 0 Å². The quantitative estimate of drug-likeness (QED) is 0.353. The molecule has 0 radical (unpaired) electrons. The number of aliphatic hydroxyl groups is 3. The van der Waals surface area contributed by atoms with E-state index in [9.17, 15) is 24.9 Å². The largest absolute Gasteiger partial charge is 0.457 e. The first-order chi connectivity index (χ1) is 17.2. The number of hydrogen-bond donors (Lipinski definition) is 3. The molecule has 0 saturated heterocycles. The lowest BCUT2D eigenvalue weighted by atomic mass is 9.40. The lowest BCUT2D eigenvalue weighted by Crippen LogP contribution is -2.88. The Kier molecular flexibility index (Phi) is 6.40. The van der Waals surface area contributed by atoms with Gasteiger partial charge in [-0.05, 0) is 46.0 Å². The molecule has 0 aromatic heterocycles. The summed E-state index contributed by atoms with van der Waals surface area (Å²) in [6.07, 6.45) is -2.35. The molecule has 9 atom stereocenters. The minimum Gasteiger partial charge on any atom is -0.457 e. The van der Waals surface area contributed by atoms with Crippen molar-refractivity contribution in [2.24, 2.45) is 16.7 Å². The second kappa shape index (κ2) is 8.43. The summed E-state index contributed by atoms with van der Waals surface area (Å²) in [7, 11) is 0. The summed E-state index contributed by atoms with van der Waals surface area (Å²) in [4.78, 5) is 25.0. The zero-order valence-corrected chi connectivity index (χ0v) is 23.8. The van der Waals surface area contributed by atoms with Crippen molar-refractivity contribution in [2.45, 2.75) is 122 Å². The van der Waals surface area contributed by atoms with Crippen LogP contribution in [0.1, 0.15) is 75.2 Å². The molecule has 10 heteroatoms. The van der Waals surface area contributed by atoms with E-state index in [0.717, 1.165) is 0 Å². The van der Waals surface area contributed by atoms with Crippen LogP contribution in [0.3, 0.4) is 0 Å². The summed E-state index contributed by atoms with van der Waals surface area (Å²) in [5.74, 6) is -4.36. The summed E-state index contributed by atoms with van der Waals surface area (Å²) >= 11 is 0. The molecule has 0 spiro atoms. The number of esters is 2. The van der Waals surface area contributed by atoms with Crippen LogP contribution in [0.2, 0.25) is 0 Å². The molecule has 7 unspecified atom stereocenters. The van der Waals surface area contributed by atoms with Crippen molar-refractivity contribution in [3.63, 3.8) is 0 Å². The van der Waals surface area contributed by atoms with Crippen LogP contribution in [0.15, 0.2) is 24.2 Å². The number of cyclic esters (lactones) is 1. The molecule has 4 rings (SSSR count). The Labute approximate surface area is 223 Å². The molecular weight excluding hydrogens is 496 g/mol. The molecule has 2 fully saturated rings. The molecule has 38 heavy (non-hydrogen) atoms. The van der Waals surface area contributed by atoms with Crippen LogP contribution in [0.25, 0.3) is 0 Å². The maximum atomic E-state index is 13.3. The van der Waals surface area contributed by atoms with Gasteiger partial charge in [0, 0.05) is 25.2 Å². The fraction of sp³-hybridized carbons (Fsp3) is 0.786. The van der Waals surface area contributed by atoms with Crippen molar-refractivity contribution in [2.75, 3.05) is 0 Å². The topological polar surface area (TPSA) is 141 Å². The third-order valence-electron chi connectivity index (χ3n) is 9.52. The summed E-state index contributed by atoms with van der Waals surface area (Å²) in [5.41, 5.74) is -7.60. The van der Waals surface area contributed by atoms with Gasteiger partial charge < -0.3 is 39.0 Å². The highest BCUT2D eigenvalue weighted by molar-refractivity contribution is 5.90. The second-order valence-electron chi connectivity index (χ2n) is 12.9. The first-order valence-electron chi connectivity index (χ1n) is 13.1. The highest BCUT2D eigenvalue weighted by Crippen LogP contribution is 2.69. The monoisotopic (exact) mass is 538 g/mol. The van der Waals surface area contributed by atoms with Crippen molar-refractivity contribution < 1.29 is 48.6 Å². The van der Waals surface area contributed by atoms with Gasteiger partial charge in [-0.1, -0.05) is 26.8 Å². The van der Waals surface area contributed by atoms with Crippen LogP contribution in [0.5, 0.6) is 0 Å². The Morgan fingerprint density at radius 2 is 1.76 bits per heavy atom. The highest BCUT2D eigenvalue weighted by Gasteiger charge is 2.85. The van der Waals surface area contributed by atoms with E-state index in [4.69, 9.17) is 23.7 Å². The second-order valence-corrected chi connectivity index (χ2v) is 12.9. The van der Waals surface area contributed by atoms with Gasteiger partial charge in [0.1, 0.15) is 5.60 Å². The van der Waals surface area contributed by atoms with E-state index in [0.29, 0.717) is 12.8 Å². The molecule has 0 amide bonds. The Balaban J connectivity index is 2.05. The molecule has 0 aromatic rings. The maximum Gasteiger partial charge on any atom is 0.378 e. The molecule has 2 aliphatic carbocycles. The van der Waals surface area contributed by atoms with Crippen molar-refractivity contribution in [3.8, 4) is 0 Å². The van der Waals surface area contributed by atoms with Crippen LogP contribution in [0.4, 0.5) is 0 Å². The SMILES string of the molecule is C=CC(C)(C)OC1(C)C(OC(C)=O)C(O)C2C(C)(C)CC[C@H](O)C2(C)[C@@]1(O)C1(C)OC2=C(O1)C(C)OC2=O. The Morgan fingerprint density at radius 3 is 2.29 bits per heavy atom. The molecule has 10 nitrogen and oxygen atoms in total. The van der Waals surface area contributed by atoms with E-state index in [-0.39, 0.29) is 11.5 Å². The van der Waals surface area contributed by atoms with Gasteiger partial charge in [-0.15, -0.1) is 6.58 Å². The van der Waals surface area contributed by atoms with Crippen molar-refractivity contribution in [1.29, 1.82) is 0 Å². The van der Waals surface area contributed by atoms with Gasteiger partial charge in [0.05, 0.1) is 17.8 Å². The summed E-state index contributed by atoms with van der Waals surface area (Å²) in [6, 6.07) is 0. The van der Waals surface area contributed by atoms with Crippen LogP contribution in [0, 0.1) is 16.7 Å². The van der Waals surface area contributed by atoms with E-state index in [2.05, 4.69) is 6.58 Å². The first kappa shape index (κ1) is 28.9. The normalized spacial score (nSPS) is 45.9. The fourth-order valence-corrected chi connectivity index (χ4v) is 7.88. The molecule has 0 aromatic carbocycles. The van der Waals surface area contributed by atoms with Gasteiger partial charge in [-0.2, -0.15) is 0 Å². The van der Waals surface area contributed by atoms with Crippen LogP contribution in [-0.2, 0) is 33.3 Å². The summed E-state index contributed by atoms with van der Waals surface area (Å²) < 4.78 is 30.0. The van der Waals surface area contributed by atoms with Crippen LogP contribution >= 0.6 is 0 Å². The zero-order valence-electron chi connectivity index (χ0n) is 23.8. The zero-order chi connectivity index (χ0) is 28.9. The number of hydrogen-bond acceptors (Lipinski definition) is 10. The summed E-state index contributed by atoms with van der Waals surface area (Å²) in [5, 5.41) is 37.0.